The van der Waals surface area contributed by atoms with E-state index in [1.165, 1.54) is 5.56 Å². The van der Waals surface area contributed by atoms with Gasteiger partial charge in [0.2, 0.25) is 0 Å². The average molecular weight is 353 g/mol. The maximum atomic E-state index is 11.9. The molecule has 0 heterocycles. The summed E-state index contributed by atoms with van der Waals surface area (Å²) < 4.78 is 11.4. The highest BCUT2D eigenvalue weighted by Crippen LogP contribution is 2.26. The summed E-state index contributed by atoms with van der Waals surface area (Å²) in [5, 5.41) is 3.35. The zero-order valence-electron chi connectivity index (χ0n) is 15.1. The fourth-order valence-corrected chi connectivity index (χ4v) is 2.54. The van der Waals surface area contributed by atoms with Crippen molar-refractivity contribution in [3.63, 3.8) is 0 Å². The van der Waals surface area contributed by atoms with Gasteiger partial charge in [0.15, 0.2) is 0 Å². The Balaban J connectivity index is 2.11. The molecule has 0 saturated carbocycles. The number of hydrogen-bond donors (Lipinski definition) is 0. The first-order valence-electron chi connectivity index (χ1n) is 8.72. The smallest absolute Gasteiger partial charge is 0.311 e. The van der Waals surface area contributed by atoms with Crippen LogP contribution in [0, 0.1) is 0 Å². The zero-order chi connectivity index (χ0) is 18.8. The van der Waals surface area contributed by atoms with Crippen LogP contribution in [0.25, 0.3) is 10.4 Å². The van der Waals surface area contributed by atoms with Gasteiger partial charge in [0.05, 0.1) is 6.42 Å². The first kappa shape index (κ1) is 19.3. The molecular weight excluding hydrogens is 330 g/mol. The fourth-order valence-electron chi connectivity index (χ4n) is 2.54. The molecule has 2 aromatic rings. The van der Waals surface area contributed by atoms with Crippen LogP contribution in [-0.4, -0.2) is 12.5 Å². The molecule has 2 aromatic carbocycles. The number of esters is 1. The van der Waals surface area contributed by atoms with Crippen molar-refractivity contribution in [2.75, 3.05) is 6.54 Å². The predicted molar refractivity (Wildman–Crippen MR) is 100 cm³/mol. The molecule has 0 atom stereocenters. The highest BCUT2D eigenvalue weighted by molar-refractivity contribution is 5.73. The average Bonchev–Trinajstić information content (AvgIpc) is 2.67. The number of rotatable bonds is 9. The highest BCUT2D eigenvalue weighted by atomic mass is 16.5. The number of ether oxygens (including phenoxy) is 2. The molecule has 0 aliphatic heterocycles. The zero-order valence-corrected chi connectivity index (χ0v) is 15.1. The molecule has 0 aliphatic carbocycles. The largest absolute Gasteiger partial charge is 0.489 e. The first-order chi connectivity index (χ1) is 12.7. The van der Waals surface area contributed by atoms with Gasteiger partial charge < -0.3 is 9.47 Å². The summed E-state index contributed by atoms with van der Waals surface area (Å²) >= 11 is 0. The van der Waals surface area contributed by atoms with Crippen molar-refractivity contribution in [2.24, 2.45) is 5.11 Å². The SMILES string of the molecule is CCc1ccc(OCc2c(CC)cccc2OC(=O)CCN=[N+]=[N-])cc1. The van der Waals surface area contributed by atoms with E-state index in [2.05, 4.69) is 16.9 Å². The van der Waals surface area contributed by atoms with Crippen molar-refractivity contribution < 1.29 is 14.3 Å². The fraction of sp³-hybridized carbons (Fsp3) is 0.350. The van der Waals surface area contributed by atoms with Crippen molar-refractivity contribution in [1.29, 1.82) is 0 Å². The molecule has 0 fully saturated rings. The van der Waals surface area contributed by atoms with Crippen molar-refractivity contribution in [3.8, 4) is 11.5 Å². The molecule has 0 saturated heterocycles. The Kier molecular flexibility index (Phi) is 7.52. The van der Waals surface area contributed by atoms with Gasteiger partial charge in [-0.1, -0.05) is 43.2 Å². The number of azide groups is 1. The summed E-state index contributed by atoms with van der Waals surface area (Å²) in [6.45, 7) is 4.55. The van der Waals surface area contributed by atoms with Crippen molar-refractivity contribution in [3.05, 3.63) is 69.6 Å². The third-order valence-corrected chi connectivity index (χ3v) is 4.03. The third-order valence-electron chi connectivity index (χ3n) is 4.03. The van der Waals surface area contributed by atoms with E-state index in [4.69, 9.17) is 15.0 Å². The summed E-state index contributed by atoms with van der Waals surface area (Å²) in [4.78, 5) is 14.6. The van der Waals surface area contributed by atoms with Gasteiger partial charge in [-0.05, 0) is 47.7 Å². The minimum absolute atomic E-state index is 0.0409. The summed E-state index contributed by atoms with van der Waals surface area (Å²) in [5.41, 5.74) is 11.5. The van der Waals surface area contributed by atoms with Crippen molar-refractivity contribution in [1.82, 2.24) is 0 Å². The van der Waals surface area contributed by atoms with E-state index in [1.54, 1.807) is 6.07 Å². The standard InChI is InChI=1S/C20H23N3O3/c1-3-15-8-10-17(11-9-15)25-14-18-16(4-2)6-5-7-19(18)26-20(24)12-13-22-23-21/h5-11H,3-4,12-14H2,1-2H3. The molecule has 6 heteroatoms. The lowest BCUT2D eigenvalue weighted by Crippen LogP contribution is -2.12. The van der Waals surface area contributed by atoms with Gasteiger partial charge in [0.1, 0.15) is 18.1 Å². The Morgan fingerprint density at radius 2 is 1.88 bits per heavy atom. The summed E-state index contributed by atoms with van der Waals surface area (Å²) in [7, 11) is 0. The molecule has 136 valence electrons. The van der Waals surface area contributed by atoms with Crippen LogP contribution in [0.3, 0.4) is 0 Å². The Bertz CT molecular complexity index is 781. The van der Waals surface area contributed by atoms with Crippen molar-refractivity contribution >= 4 is 5.97 Å². The topological polar surface area (TPSA) is 84.3 Å². The quantitative estimate of drug-likeness (QED) is 0.209. The first-order valence-corrected chi connectivity index (χ1v) is 8.72. The van der Waals surface area contributed by atoms with Gasteiger partial charge in [0.25, 0.3) is 0 Å². The maximum absolute atomic E-state index is 11.9. The van der Waals surface area contributed by atoms with E-state index in [0.717, 1.165) is 29.7 Å². The Morgan fingerprint density at radius 3 is 2.54 bits per heavy atom. The highest BCUT2D eigenvalue weighted by Gasteiger charge is 2.13. The number of hydrogen-bond acceptors (Lipinski definition) is 4. The van der Waals surface area contributed by atoms with E-state index in [9.17, 15) is 4.79 Å². The van der Waals surface area contributed by atoms with Crippen LogP contribution in [-0.2, 0) is 24.2 Å². The molecule has 0 aromatic heterocycles. The molecule has 6 nitrogen and oxygen atoms in total. The Hall–Kier alpha value is -2.98. The van der Waals surface area contributed by atoms with Crippen LogP contribution in [0.2, 0.25) is 0 Å². The second-order valence-corrected chi connectivity index (χ2v) is 5.71. The molecule has 2 rings (SSSR count). The minimum atomic E-state index is -0.431. The lowest BCUT2D eigenvalue weighted by molar-refractivity contribution is -0.134. The van der Waals surface area contributed by atoms with Crippen molar-refractivity contribution in [2.45, 2.75) is 39.7 Å². The Morgan fingerprint density at radius 1 is 1.12 bits per heavy atom. The molecule has 0 spiro atoms. The number of aryl methyl sites for hydroxylation is 2. The number of nitrogens with zero attached hydrogens (tertiary/aromatic N) is 3. The second-order valence-electron chi connectivity index (χ2n) is 5.71. The lowest BCUT2D eigenvalue weighted by atomic mass is 10.0. The van der Waals surface area contributed by atoms with Crippen LogP contribution in [0.5, 0.6) is 11.5 Å². The molecular formula is C20H23N3O3. The number of benzene rings is 2. The summed E-state index contributed by atoms with van der Waals surface area (Å²) in [5.74, 6) is 0.827. The second kappa shape index (κ2) is 10.1. The van der Waals surface area contributed by atoms with E-state index >= 15 is 0 Å². The van der Waals surface area contributed by atoms with Crippen LogP contribution < -0.4 is 9.47 Å². The normalized spacial score (nSPS) is 10.1. The monoisotopic (exact) mass is 353 g/mol. The van der Waals surface area contributed by atoms with Crippen LogP contribution in [0.1, 0.15) is 37.0 Å². The van der Waals surface area contributed by atoms with E-state index in [-0.39, 0.29) is 13.0 Å². The van der Waals surface area contributed by atoms with Crippen LogP contribution in [0.15, 0.2) is 47.6 Å². The third kappa shape index (κ3) is 5.53. The van der Waals surface area contributed by atoms with E-state index in [0.29, 0.717) is 12.4 Å². The molecule has 0 amide bonds. The molecule has 0 bridgehead atoms. The van der Waals surface area contributed by atoms with Crippen LogP contribution in [0.4, 0.5) is 0 Å². The maximum Gasteiger partial charge on any atom is 0.311 e. The predicted octanol–water partition coefficient (Wildman–Crippen LogP) is 5.00. The van der Waals surface area contributed by atoms with Gasteiger partial charge in [-0.15, -0.1) is 0 Å². The Labute approximate surface area is 153 Å². The molecule has 0 unspecified atom stereocenters. The van der Waals surface area contributed by atoms with Gasteiger partial charge in [-0.25, -0.2) is 0 Å². The van der Waals surface area contributed by atoms with E-state index < -0.39 is 5.97 Å². The lowest BCUT2D eigenvalue weighted by Gasteiger charge is -2.15. The summed E-state index contributed by atoms with van der Waals surface area (Å²) in [6, 6.07) is 13.6. The molecule has 0 radical (unpaired) electrons. The number of carbonyl (C=O) groups is 1. The number of carbonyl (C=O) groups excluding carboxylic acids is 1. The van der Waals surface area contributed by atoms with Gasteiger partial charge >= 0.3 is 5.97 Å². The van der Waals surface area contributed by atoms with E-state index in [1.807, 2.05) is 43.3 Å². The van der Waals surface area contributed by atoms with Gasteiger partial charge in [-0.3, -0.25) is 4.79 Å². The van der Waals surface area contributed by atoms with Crippen LogP contribution >= 0.6 is 0 Å². The molecule has 26 heavy (non-hydrogen) atoms. The van der Waals surface area contributed by atoms with Gasteiger partial charge in [-0.2, -0.15) is 0 Å². The molecule has 0 aliphatic rings. The van der Waals surface area contributed by atoms with Gasteiger partial charge in [0, 0.05) is 17.0 Å². The summed E-state index contributed by atoms with van der Waals surface area (Å²) in [6.07, 6.45) is 1.83. The molecule has 0 N–H and O–H groups in total. The minimum Gasteiger partial charge on any atom is -0.489 e.